The molecule has 0 atom stereocenters. The molecule has 0 spiro atoms. The molecule has 0 saturated heterocycles. The Balaban J connectivity index is -0.0000103. The molecular weight excluding hydrogens is 723 g/mol. The number of rotatable bonds is 45. The van der Waals surface area contributed by atoms with E-state index in [9.17, 15) is 9.59 Å². The predicted molar refractivity (Wildman–Crippen MR) is 251 cm³/mol. The first kappa shape index (κ1) is 58.0. The summed E-state index contributed by atoms with van der Waals surface area (Å²) >= 11 is 0. The zero-order valence-electron chi connectivity index (χ0n) is 39.5. The van der Waals surface area contributed by atoms with Crippen LogP contribution < -0.4 is 5.32 Å². The van der Waals surface area contributed by atoms with Gasteiger partial charge in [0.15, 0.2) is 0 Å². The first-order valence-electron chi connectivity index (χ1n) is 24.8. The lowest BCUT2D eigenvalue weighted by Crippen LogP contribution is -2.31. The van der Waals surface area contributed by atoms with Crippen LogP contribution in [0.1, 0.15) is 241 Å². The minimum Gasteiger partial charge on any atom is -0.466 e. The number of hydrogen-bond donors (Lipinski definition) is 1. The molecule has 0 aliphatic rings. The van der Waals surface area contributed by atoms with E-state index in [4.69, 9.17) is 14.3 Å². The summed E-state index contributed by atoms with van der Waals surface area (Å²) in [6.45, 7) is 17.8. The summed E-state index contributed by atoms with van der Waals surface area (Å²) in [5.74, 6) is 0.981. The molecule has 0 aromatic heterocycles. The largest absolute Gasteiger partial charge is 0.466 e. The van der Waals surface area contributed by atoms with Gasteiger partial charge < -0.3 is 29.4 Å². The maximum absolute atomic E-state index is 12.8. The molecule has 1 N–H and O–H groups in total. The minimum atomic E-state index is -0.0149. The lowest BCUT2D eigenvalue weighted by Gasteiger charge is -2.23. The van der Waals surface area contributed by atoms with Crippen molar-refractivity contribution in [1.29, 1.82) is 0 Å². The molecule has 0 saturated carbocycles. The maximum Gasteiger partial charge on any atom is 0.306 e. The van der Waals surface area contributed by atoms with Crippen LogP contribution in [0.15, 0.2) is 12.4 Å². The van der Waals surface area contributed by atoms with Gasteiger partial charge in [0.2, 0.25) is 0 Å². The number of unbranched alkanes of at least 4 members (excludes halogenated alkanes) is 24. The van der Waals surface area contributed by atoms with Crippen molar-refractivity contribution in [1.82, 2.24) is 15.1 Å². The Morgan fingerprint density at radius 2 is 0.897 bits per heavy atom. The zero-order valence-corrected chi connectivity index (χ0v) is 39.5. The highest BCUT2D eigenvalue weighted by molar-refractivity contribution is 5.69. The van der Waals surface area contributed by atoms with Crippen molar-refractivity contribution in [2.24, 2.45) is 0 Å². The molecule has 0 aromatic rings. The molecule has 0 heterocycles. The molecule has 0 unspecified atom stereocenters. The summed E-state index contributed by atoms with van der Waals surface area (Å²) in [4.78, 5) is 37.6. The average molecular weight is 824 g/mol. The van der Waals surface area contributed by atoms with E-state index in [1.54, 1.807) is 0 Å². The Morgan fingerprint density at radius 3 is 1.36 bits per heavy atom. The van der Waals surface area contributed by atoms with Crippen LogP contribution in [0.25, 0.3) is 0 Å². The summed E-state index contributed by atoms with van der Waals surface area (Å²) < 4.78 is 11.5. The Kier molecular flexibility index (Phi) is 47.6. The highest BCUT2D eigenvalue weighted by atomic mass is 16.5. The van der Waals surface area contributed by atoms with Crippen molar-refractivity contribution < 1.29 is 25.3 Å². The van der Waals surface area contributed by atoms with Gasteiger partial charge in [0, 0.05) is 34.9 Å². The van der Waals surface area contributed by atoms with E-state index in [0.29, 0.717) is 19.4 Å². The number of ether oxygens (including phenoxy) is 2. The van der Waals surface area contributed by atoms with E-state index in [2.05, 4.69) is 37.6 Å². The van der Waals surface area contributed by atoms with Crippen molar-refractivity contribution in [3.8, 4) is 0 Å². The third-order valence-electron chi connectivity index (χ3n) is 11.3. The highest BCUT2D eigenvalue weighted by Crippen LogP contribution is 2.19. The smallest absolute Gasteiger partial charge is 0.306 e. The van der Waals surface area contributed by atoms with E-state index in [1.165, 1.54) is 154 Å². The summed E-state index contributed by atoms with van der Waals surface area (Å²) in [6.07, 6.45) is 39.9. The van der Waals surface area contributed by atoms with E-state index in [1.807, 2.05) is 25.8 Å². The van der Waals surface area contributed by atoms with E-state index >= 15 is 0 Å². The second-order valence-corrected chi connectivity index (χ2v) is 17.1. The molecule has 0 aliphatic carbocycles. The molecule has 346 valence electrons. The highest BCUT2D eigenvalue weighted by Gasteiger charge is 2.14. The van der Waals surface area contributed by atoms with Crippen molar-refractivity contribution in [3.63, 3.8) is 0 Å². The molecule has 8 nitrogen and oxygen atoms in total. The molecule has 0 amide bonds. The van der Waals surface area contributed by atoms with Gasteiger partial charge >= 0.3 is 11.9 Å². The van der Waals surface area contributed by atoms with Gasteiger partial charge in [0.05, 0.1) is 12.4 Å². The first-order chi connectivity index (χ1) is 28.3. The predicted octanol–water partition coefficient (Wildman–Crippen LogP) is 13.7. The minimum absolute atomic E-state index is 0. The summed E-state index contributed by atoms with van der Waals surface area (Å²) in [7, 11) is 4.05. The van der Waals surface area contributed by atoms with Crippen LogP contribution >= 0.6 is 0 Å². The zero-order chi connectivity index (χ0) is 43.2. The molecule has 0 bridgehead atoms. The fraction of sp³-hybridized carbons (Fsp3) is 0.900. The van der Waals surface area contributed by atoms with Gasteiger partial charge in [-0.2, -0.15) is 0 Å². The molecule has 0 fully saturated rings. The fourth-order valence-corrected chi connectivity index (χ4v) is 7.43. The van der Waals surface area contributed by atoms with Gasteiger partial charge in [-0.15, -0.1) is 0 Å². The molecule has 0 aliphatic heterocycles. The molecular formula is C50H101N3O5. The van der Waals surface area contributed by atoms with Crippen molar-refractivity contribution in [3.05, 3.63) is 12.4 Å². The Morgan fingerprint density at radius 1 is 0.517 bits per heavy atom. The van der Waals surface area contributed by atoms with Gasteiger partial charge in [0.25, 0.3) is 0 Å². The average Bonchev–Trinajstić information content (AvgIpc) is 3.22. The van der Waals surface area contributed by atoms with Crippen molar-refractivity contribution >= 4 is 18.7 Å². The normalized spacial score (nSPS) is 11.1. The summed E-state index contributed by atoms with van der Waals surface area (Å²) in [6, 6.07) is 0. The van der Waals surface area contributed by atoms with Crippen molar-refractivity contribution in [2.75, 3.05) is 46.9 Å². The van der Waals surface area contributed by atoms with Gasteiger partial charge in [0.1, 0.15) is 12.9 Å². The Labute approximate surface area is 362 Å². The Bertz CT molecular complexity index is 877. The first-order valence-corrected chi connectivity index (χ1v) is 24.8. The number of esters is 2. The van der Waals surface area contributed by atoms with Crippen LogP contribution in [0.5, 0.6) is 0 Å². The maximum atomic E-state index is 12.8. The number of carbonyl (C=O) groups is 3. The van der Waals surface area contributed by atoms with E-state index in [-0.39, 0.29) is 19.5 Å². The van der Waals surface area contributed by atoms with Crippen LogP contribution in [0, 0.1) is 0 Å². The lowest BCUT2D eigenvalue weighted by molar-refractivity contribution is -0.150. The second kappa shape index (κ2) is 47.6. The van der Waals surface area contributed by atoms with Crippen LogP contribution in [-0.4, -0.2) is 81.5 Å². The van der Waals surface area contributed by atoms with Gasteiger partial charge in [-0.3, -0.25) is 9.59 Å². The van der Waals surface area contributed by atoms with Gasteiger partial charge in [-0.25, -0.2) is 0 Å². The third kappa shape index (κ3) is 43.5. The molecule has 0 aromatic carbocycles. The standard InChI is InChI=1S/C49H97N3O4.CH2O.H2/c1-7-10-13-16-19-28-35-45-55-48(53)39-31-24-20-26-33-42-52(44-36-41-50-46(4)51(5)6)43-34-27-21-25-32-40-49(54)56-47(37-29-22-17-14-11-8-2)38-30-23-18-15-12-9-3;1-2;/h47,50H,4,7-45H2,1-3,5-6H3;1H2;1H. The summed E-state index contributed by atoms with van der Waals surface area (Å²) in [5.41, 5.74) is 0. The number of nitrogens with one attached hydrogen (secondary N) is 1. The van der Waals surface area contributed by atoms with E-state index < -0.39 is 0 Å². The monoisotopic (exact) mass is 824 g/mol. The summed E-state index contributed by atoms with van der Waals surface area (Å²) in [5, 5.41) is 3.44. The van der Waals surface area contributed by atoms with Gasteiger partial charge in [-0.05, 0) is 83.8 Å². The molecule has 58 heavy (non-hydrogen) atoms. The Hall–Kier alpha value is -2.09. The van der Waals surface area contributed by atoms with Crippen LogP contribution in [0.3, 0.4) is 0 Å². The molecule has 0 radical (unpaired) electrons. The number of nitrogens with zero attached hydrogens (tertiary/aromatic N) is 2. The van der Waals surface area contributed by atoms with Crippen LogP contribution in [0.4, 0.5) is 0 Å². The van der Waals surface area contributed by atoms with E-state index in [0.717, 1.165) is 83.4 Å². The van der Waals surface area contributed by atoms with Crippen molar-refractivity contribution in [2.45, 2.75) is 245 Å². The van der Waals surface area contributed by atoms with Gasteiger partial charge in [-0.1, -0.05) is 169 Å². The van der Waals surface area contributed by atoms with Crippen LogP contribution in [-0.2, 0) is 23.9 Å². The van der Waals surface area contributed by atoms with Crippen LogP contribution in [0.2, 0.25) is 0 Å². The SMILES string of the molecule is C=C(NCCCN(CCCCCCCC(=O)OCCCCCCCCC)CCCCCCCC(=O)OC(CCCCCCCC)CCCCCCCC)N(C)C.C=O.[HH]. The topological polar surface area (TPSA) is 88.2 Å². The molecule has 0 rings (SSSR count). The molecule has 8 heteroatoms. The number of hydrogen-bond acceptors (Lipinski definition) is 8. The third-order valence-corrected chi connectivity index (χ3v) is 11.3. The quantitative estimate of drug-likeness (QED) is 0.0480. The number of carbonyl (C=O) groups excluding carboxylic acids is 3. The fourth-order valence-electron chi connectivity index (χ4n) is 7.43. The lowest BCUT2D eigenvalue weighted by atomic mass is 10.0. The second-order valence-electron chi connectivity index (χ2n) is 17.1.